The number of aliphatic hydroxyl groups is 1. The molecule has 1 aromatic rings. The van der Waals surface area contributed by atoms with Crippen LogP contribution in [0.4, 0.5) is 0 Å². The van der Waals surface area contributed by atoms with Crippen LogP contribution in [0.15, 0.2) is 29.2 Å². The summed E-state index contributed by atoms with van der Waals surface area (Å²) in [6, 6.07) is 5.54. The number of carbonyl (C=O) groups is 1. The number of benzene rings is 1. The van der Waals surface area contributed by atoms with Gasteiger partial charge in [0.05, 0.1) is 30.3 Å². The zero-order valence-electron chi connectivity index (χ0n) is 11.9. The molecule has 0 aliphatic heterocycles. The van der Waals surface area contributed by atoms with Crippen LogP contribution in [0.5, 0.6) is 0 Å². The molecule has 7 nitrogen and oxygen atoms in total. The highest BCUT2D eigenvalue weighted by Gasteiger charge is 2.16. The van der Waals surface area contributed by atoms with Crippen LogP contribution < -0.4 is 4.72 Å². The summed E-state index contributed by atoms with van der Waals surface area (Å²) in [6.07, 6.45) is -0.511. The SMILES string of the molecule is COCC(O)CCNS(=O)(=O)c1cccc(C(=O)OC)c1. The second-order valence-corrected chi connectivity index (χ2v) is 6.08. The van der Waals surface area contributed by atoms with E-state index in [2.05, 4.69) is 9.46 Å². The summed E-state index contributed by atoms with van der Waals surface area (Å²) in [5.74, 6) is -0.609. The molecule has 1 unspecified atom stereocenters. The Labute approximate surface area is 123 Å². The Morgan fingerprint density at radius 2 is 2.10 bits per heavy atom. The summed E-state index contributed by atoms with van der Waals surface area (Å²) in [5.41, 5.74) is 0.153. The molecule has 0 saturated carbocycles. The second-order valence-electron chi connectivity index (χ2n) is 4.32. The first kappa shape index (κ1) is 17.6. The predicted octanol–water partition coefficient (Wildman–Crippen LogP) is 0.149. The van der Waals surface area contributed by atoms with Gasteiger partial charge in [-0.1, -0.05) is 6.07 Å². The molecular formula is C13H19NO6S. The molecule has 8 heteroatoms. The van der Waals surface area contributed by atoms with Crippen LogP contribution in [0.25, 0.3) is 0 Å². The highest BCUT2D eigenvalue weighted by atomic mass is 32.2. The van der Waals surface area contributed by atoms with Crippen molar-refractivity contribution in [2.75, 3.05) is 27.4 Å². The molecular weight excluding hydrogens is 298 g/mol. The average molecular weight is 317 g/mol. The second kappa shape index (κ2) is 8.08. The molecule has 0 aliphatic carbocycles. The number of aliphatic hydroxyl groups excluding tert-OH is 1. The molecule has 21 heavy (non-hydrogen) atoms. The number of hydrogen-bond donors (Lipinski definition) is 2. The maximum Gasteiger partial charge on any atom is 0.337 e. The Hall–Kier alpha value is -1.48. The smallest absolute Gasteiger partial charge is 0.337 e. The van der Waals surface area contributed by atoms with Gasteiger partial charge in [0.25, 0.3) is 0 Å². The largest absolute Gasteiger partial charge is 0.465 e. The van der Waals surface area contributed by atoms with E-state index in [4.69, 9.17) is 4.74 Å². The van der Waals surface area contributed by atoms with E-state index in [0.29, 0.717) is 0 Å². The molecule has 0 aromatic heterocycles. The summed E-state index contributed by atoms with van der Waals surface area (Å²) in [6.45, 7) is 0.203. The Bertz CT molecular complexity index is 572. The summed E-state index contributed by atoms with van der Waals surface area (Å²) in [5, 5.41) is 9.44. The number of rotatable bonds is 8. The highest BCUT2D eigenvalue weighted by Crippen LogP contribution is 2.12. The summed E-state index contributed by atoms with van der Waals surface area (Å²) in [7, 11) is -1.07. The maximum absolute atomic E-state index is 12.1. The van der Waals surface area contributed by atoms with Crippen molar-refractivity contribution in [3.63, 3.8) is 0 Å². The summed E-state index contributed by atoms with van der Waals surface area (Å²) in [4.78, 5) is 11.3. The van der Waals surface area contributed by atoms with E-state index >= 15 is 0 Å². The Kier molecular flexibility index (Phi) is 6.76. The van der Waals surface area contributed by atoms with E-state index in [1.165, 1.54) is 38.5 Å². The third-order valence-corrected chi connectivity index (χ3v) is 4.15. The minimum Gasteiger partial charge on any atom is -0.465 e. The molecule has 1 aromatic carbocycles. The number of ether oxygens (including phenoxy) is 2. The van der Waals surface area contributed by atoms with E-state index in [1.54, 1.807) is 0 Å². The minimum absolute atomic E-state index is 0.0355. The highest BCUT2D eigenvalue weighted by molar-refractivity contribution is 7.89. The quantitative estimate of drug-likeness (QED) is 0.662. The van der Waals surface area contributed by atoms with Crippen molar-refractivity contribution in [2.45, 2.75) is 17.4 Å². The molecule has 0 spiro atoms. The van der Waals surface area contributed by atoms with Crippen LogP contribution in [0, 0.1) is 0 Å². The van der Waals surface area contributed by atoms with Gasteiger partial charge in [-0.2, -0.15) is 0 Å². The van der Waals surface area contributed by atoms with Gasteiger partial charge in [-0.15, -0.1) is 0 Å². The zero-order chi connectivity index (χ0) is 15.9. The monoisotopic (exact) mass is 317 g/mol. The first-order chi connectivity index (χ1) is 9.90. The number of sulfonamides is 1. The van der Waals surface area contributed by atoms with Gasteiger partial charge >= 0.3 is 5.97 Å². The molecule has 0 radical (unpaired) electrons. The van der Waals surface area contributed by atoms with E-state index in [-0.39, 0.29) is 30.0 Å². The number of carbonyl (C=O) groups excluding carboxylic acids is 1. The van der Waals surface area contributed by atoms with E-state index in [0.717, 1.165) is 0 Å². The Balaban J connectivity index is 2.72. The molecule has 0 aliphatic rings. The molecule has 0 amide bonds. The number of nitrogens with one attached hydrogen (secondary N) is 1. The summed E-state index contributed by atoms with van der Waals surface area (Å²) < 4.78 is 35.8. The van der Waals surface area contributed by atoms with Gasteiger partial charge in [0.1, 0.15) is 0 Å². The third kappa shape index (κ3) is 5.43. The number of hydrogen-bond acceptors (Lipinski definition) is 6. The van der Waals surface area contributed by atoms with Gasteiger partial charge in [-0.3, -0.25) is 0 Å². The molecule has 2 N–H and O–H groups in total. The van der Waals surface area contributed by atoms with Gasteiger partial charge < -0.3 is 14.6 Å². The lowest BCUT2D eigenvalue weighted by atomic mass is 10.2. The molecule has 0 heterocycles. The molecule has 118 valence electrons. The third-order valence-electron chi connectivity index (χ3n) is 2.69. The first-order valence-corrected chi connectivity index (χ1v) is 7.74. The van der Waals surface area contributed by atoms with Crippen molar-refractivity contribution in [2.24, 2.45) is 0 Å². The fraction of sp³-hybridized carbons (Fsp3) is 0.462. The molecule has 1 rings (SSSR count). The lowest BCUT2D eigenvalue weighted by Crippen LogP contribution is -2.28. The zero-order valence-corrected chi connectivity index (χ0v) is 12.7. The van der Waals surface area contributed by atoms with Crippen molar-refractivity contribution in [3.05, 3.63) is 29.8 Å². The number of esters is 1. The van der Waals surface area contributed by atoms with Gasteiger partial charge in [-0.05, 0) is 24.6 Å². The standard InChI is InChI=1S/C13H19NO6S/c1-19-9-11(15)6-7-14-21(17,18)12-5-3-4-10(8-12)13(16)20-2/h3-5,8,11,14-15H,6-7,9H2,1-2H3. The van der Waals surface area contributed by atoms with E-state index < -0.39 is 22.1 Å². The lowest BCUT2D eigenvalue weighted by molar-refractivity contribution is 0.0599. The van der Waals surface area contributed by atoms with Gasteiger partial charge in [0.15, 0.2) is 0 Å². The van der Waals surface area contributed by atoms with Gasteiger partial charge in [0.2, 0.25) is 10.0 Å². The van der Waals surface area contributed by atoms with Gasteiger partial charge in [0, 0.05) is 13.7 Å². The molecule has 0 bridgehead atoms. The van der Waals surface area contributed by atoms with Crippen molar-refractivity contribution in [3.8, 4) is 0 Å². The van der Waals surface area contributed by atoms with Crippen molar-refractivity contribution >= 4 is 16.0 Å². The molecule has 1 atom stereocenters. The van der Waals surface area contributed by atoms with Crippen LogP contribution in [-0.4, -0.2) is 53.0 Å². The fourth-order valence-corrected chi connectivity index (χ4v) is 2.72. The Morgan fingerprint density at radius 3 is 2.71 bits per heavy atom. The maximum atomic E-state index is 12.1. The lowest BCUT2D eigenvalue weighted by Gasteiger charge is -2.11. The average Bonchev–Trinajstić information content (AvgIpc) is 2.46. The van der Waals surface area contributed by atoms with Gasteiger partial charge in [-0.25, -0.2) is 17.9 Å². The summed E-state index contributed by atoms with van der Waals surface area (Å²) >= 11 is 0. The van der Waals surface area contributed by atoms with Crippen LogP contribution in [0.1, 0.15) is 16.8 Å². The topological polar surface area (TPSA) is 102 Å². The fourth-order valence-electron chi connectivity index (χ4n) is 1.63. The predicted molar refractivity (Wildman–Crippen MR) is 75.5 cm³/mol. The molecule has 0 fully saturated rings. The van der Waals surface area contributed by atoms with Crippen molar-refractivity contribution in [1.29, 1.82) is 0 Å². The normalized spacial score (nSPS) is 12.9. The van der Waals surface area contributed by atoms with Crippen molar-refractivity contribution in [1.82, 2.24) is 4.72 Å². The van der Waals surface area contributed by atoms with Crippen LogP contribution >= 0.6 is 0 Å². The van der Waals surface area contributed by atoms with Crippen molar-refractivity contribution < 1.29 is 27.8 Å². The van der Waals surface area contributed by atoms with Crippen LogP contribution in [0.3, 0.4) is 0 Å². The van der Waals surface area contributed by atoms with E-state index in [9.17, 15) is 18.3 Å². The minimum atomic E-state index is -3.74. The van der Waals surface area contributed by atoms with Crippen LogP contribution in [-0.2, 0) is 19.5 Å². The first-order valence-electron chi connectivity index (χ1n) is 6.25. The number of methoxy groups -OCH3 is 2. The molecule has 0 saturated heterocycles. The van der Waals surface area contributed by atoms with E-state index in [1.807, 2.05) is 0 Å². The Morgan fingerprint density at radius 1 is 1.38 bits per heavy atom. The van der Waals surface area contributed by atoms with Crippen LogP contribution in [0.2, 0.25) is 0 Å².